The Bertz CT molecular complexity index is 463. The molecule has 1 saturated carbocycles. The average molecular weight is 540 g/mol. The van der Waals surface area contributed by atoms with E-state index in [2.05, 4.69) is 70.3 Å². The third kappa shape index (κ3) is 1.83. The maximum absolute atomic E-state index is 10.5. The van der Waals surface area contributed by atoms with Crippen LogP contribution in [0.2, 0.25) is 0 Å². The van der Waals surface area contributed by atoms with E-state index in [1.165, 1.54) is 0 Å². The molecule has 2 bridgehead atoms. The molecular formula is C13H16Br4O3. The Morgan fingerprint density at radius 1 is 1.35 bits per heavy atom. The molecule has 0 aromatic heterocycles. The summed E-state index contributed by atoms with van der Waals surface area (Å²) in [6.45, 7) is 3.70. The lowest BCUT2D eigenvalue weighted by Crippen LogP contribution is -2.57. The van der Waals surface area contributed by atoms with Crippen molar-refractivity contribution < 1.29 is 14.6 Å². The molecule has 7 heteroatoms. The van der Waals surface area contributed by atoms with Crippen LogP contribution in [-0.4, -0.2) is 39.9 Å². The molecule has 0 spiro atoms. The van der Waals surface area contributed by atoms with Gasteiger partial charge < -0.3 is 14.6 Å². The van der Waals surface area contributed by atoms with Crippen molar-refractivity contribution in [3.63, 3.8) is 0 Å². The Morgan fingerprint density at radius 2 is 1.90 bits per heavy atom. The number of rotatable bonds is 5. The number of aliphatic hydroxyl groups is 1. The van der Waals surface area contributed by atoms with Gasteiger partial charge in [0, 0.05) is 29.1 Å². The highest BCUT2D eigenvalue weighted by atomic mass is 79.9. The van der Waals surface area contributed by atoms with Gasteiger partial charge in [0.2, 0.25) is 5.79 Å². The summed E-state index contributed by atoms with van der Waals surface area (Å²) in [5.74, 6) is -1.04. The Labute approximate surface area is 152 Å². The highest BCUT2D eigenvalue weighted by Gasteiger charge is 2.80. The van der Waals surface area contributed by atoms with Crippen LogP contribution in [0.5, 0.6) is 0 Å². The van der Waals surface area contributed by atoms with Crippen molar-refractivity contribution in [2.24, 2.45) is 5.92 Å². The average Bonchev–Trinajstić information content (AvgIpc) is 2.70. The first kappa shape index (κ1) is 17.6. The van der Waals surface area contributed by atoms with Gasteiger partial charge in [-0.25, -0.2) is 0 Å². The topological polar surface area (TPSA) is 38.7 Å². The number of fused-ring (bicyclic) bond motifs is 2. The fourth-order valence-electron chi connectivity index (χ4n) is 3.43. The minimum Gasteiger partial charge on any atom is -0.392 e. The Morgan fingerprint density at radius 3 is 2.30 bits per heavy atom. The van der Waals surface area contributed by atoms with E-state index in [9.17, 15) is 5.11 Å². The number of aliphatic hydroxyl groups excluding tert-OH is 1. The van der Waals surface area contributed by atoms with E-state index < -0.39 is 20.5 Å². The molecule has 3 nitrogen and oxygen atoms in total. The molecule has 0 aromatic carbocycles. The molecule has 0 saturated heterocycles. The molecule has 2 rings (SSSR count). The molecule has 0 heterocycles. The zero-order valence-electron chi connectivity index (χ0n) is 11.1. The third-order valence-corrected chi connectivity index (χ3v) is 10.8. The summed E-state index contributed by atoms with van der Waals surface area (Å²) in [4.78, 5) is 0. The summed E-state index contributed by atoms with van der Waals surface area (Å²) in [7, 11) is 3.23. The van der Waals surface area contributed by atoms with Gasteiger partial charge in [-0.15, -0.1) is 6.58 Å². The molecule has 114 valence electrons. The van der Waals surface area contributed by atoms with Crippen LogP contribution in [0.15, 0.2) is 21.6 Å². The fraction of sp³-hybridized carbons (Fsp3) is 0.692. The van der Waals surface area contributed by atoms with Crippen LogP contribution in [0.25, 0.3) is 0 Å². The highest BCUT2D eigenvalue weighted by molar-refractivity contribution is 9.16. The van der Waals surface area contributed by atoms with Crippen LogP contribution in [-0.2, 0) is 9.47 Å². The van der Waals surface area contributed by atoms with Crippen molar-refractivity contribution in [1.82, 2.24) is 0 Å². The van der Waals surface area contributed by atoms with Gasteiger partial charge in [-0.3, -0.25) is 0 Å². The SMILES string of the molecule is C=CC[C@@H](O)[C@H]1C[C@@]2(Br)C(Br)=C(Br)[C@]1(Br)C2(OC)OC. The van der Waals surface area contributed by atoms with Gasteiger partial charge in [0.05, 0.1) is 6.10 Å². The predicted molar refractivity (Wildman–Crippen MR) is 93.9 cm³/mol. The molecule has 4 atom stereocenters. The van der Waals surface area contributed by atoms with E-state index in [1.807, 2.05) is 0 Å². The van der Waals surface area contributed by atoms with Crippen molar-refractivity contribution >= 4 is 63.7 Å². The molecule has 0 radical (unpaired) electrons. The molecule has 1 N–H and O–H groups in total. The van der Waals surface area contributed by atoms with Crippen molar-refractivity contribution in [2.75, 3.05) is 14.2 Å². The van der Waals surface area contributed by atoms with Gasteiger partial charge in [-0.05, 0) is 12.8 Å². The molecule has 0 aromatic rings. The smallest absolute Gasteiger partial charge is 0.208 e. The van der Waals surface area contributed by atoms with Gasteiger partial charge in [-0.1, -0.05) is 69.8 Å². The first-order chi connectivity index (χ1) is 9.26. The summed E-state index contributed by atoms with van der Waals surface area (Å²) < 4.78 is 12.2. The summed E-state index contributed by atoms with van der Waals surface area (Å²) in [5, 5.41) is 10.5. The molecule has 0 amide bonds. The monoisotopic (exact) mass is 536 g/mol. The molecule has 2 aliphatic carbocycles. The second kappa shape index (κ2) is 5.73. The van der Waals surface area contributed by atoms with E-state index >= 15 is 0 Å². The molecule has 1 fully saturated rings. The number of hydrogen-bond acceptors (Lipinski definition) is 3. The van der Waals surface area contributed by atoms with Crippen molar-refractivity contribution in [3.8, 4) is 0 Å². The number of alkyl halides is 2. The highest BCUT2D eigenvalue weighted by Crippen LogP contribution is 2.74. The van der Waals surface area contributed by atoms with Crippen LogP contribution in [0, 0.1) is 5.92 Å². The van der Waals surface area contributed by atoms with E-state index in [4.69, 9.17) is 9.47 Å². The normalized spacial score (nSPS) is 40.2. The minimum absolute atomic E-state index is 0.0875. The molecule has 20 heavy (non-hydrogen) atoms. The lowest BCUT2D eigenvalue weighted by atomic mass is 9.86. The van der Waals surface area contributed by atoms with Crippen molar-refractivity contribution in [3.05, 3.63) is 21.6 Å². The van der Waals surface area contributed by atoms with Crippen LogP contribution < -0.4 is 0 Å². The van der Waals surface area contributed by atoms with E-state index in [0.717, 1.165) is 8.96 Å². The number of hydrogen-bond donors (Lipinski definition) is 1. The molecular weight excluding hydrogens is 524 g/mol. The second-order valence-corrected chi connectivity index (χ2v) is 9.26. The first-order valence-corrected chi connectivity index (χ1v) is 9.27. The zero-order valence-corrected chi connectivity index (χ0v) is 17.5. The third-order valence-electron chi connectivity index (χ3n) is 4.32. The van der Waals surface area contributed by atoms with Crippen LogP contribution in [0.1, 0.15) is 12.8 Å². The van der Waals surface area contributed by atoms with Gasteiger partial charge in [-0.2, -0.15) is 0 Å². The maximum atomic E-state index is 10.5. The summed E-state index contributed by atoms with van der Waals surface area (Å²) >= 11 is 14.8. The largest absolute Gasteiger partial charge is 0.392 e. The summed E-state index contributed by atoms with van der Waals surface area (Å²) in [6.07, 6.45) is 2.37. The van der Waals surface area contributed by atoms with Gasteiger partial charge >= 0.3 is 0 Å². The number of ether oxygens (including phenoxy) is 2. The van der Waals surface area contributed by atoms with Crippen LogP contribution in [0.3, 0.4) is 0 Å². The summed E-state index contributed by atoms with van der Waals surface area (Å²) in [5.41, 5.74) is 0. The van der Waals surface area contributed by atoms with Crippen molar-refractivity contribution in [2.45, 2.75) is 33.4 Å². The number of halogens is 4. The van der Waals surface area contributed by atoms with E-state index in [1.54, 1.807) is 20.3 Å². The standard InChI is InChI=1S/C13H16Br4O3/c1-4-5-8(18)7-6-11(16)9(14)10(15)12(7,17)13(11,19-2)20-3/h4,7-8,18H,1,5-6H2,2-3H3/t7-,8-,11-,12+/m1/s1. The minimum atomic E-state index is -0.954. The van der Waals surface area contributed by atoms with Crippen molar-refractivity contribution in [1.29, 1.82) is 0 Å². The lowest BCUT2D eigenvalue weighted by molar-refractivity contribution is -0.214. The van der Waals surface area contributed by atoms with E-state index in [0.29, 0.717) is 12.8 Å². The quantitative estimate of drug-likeness (QED) is 0.323. The Balaban J connectivity index is 2.60. The second-order valence-electron chi connectivity index (χ2n) is 5.07. The van der Waals surface area contributed by atoms with Gasteiger partial charge in [0.1, 0.15) is 8.65 Å². The zero-order chi connectivity index (χ0) is 15.3. The summed E-state index contributed by atoms with van der Waals surface area (Å²) in [6, 6.07) is 0. The van der Waals surface area contributed by atoms with Crippen LogP contribution in [0.4, 0.5) is 0 Å². The van der Waals surface area contributed by atoms with E-state index in [-0.39, 0.29) is 5.92 Å². The van der Waals surface area contributed by atoms with Gasteiger partial charge in [0.25, 0.3) is 0 Å². The first-order valence-electron chi connectivity index (χ1n) is 6.10. The number of methoxy groups -OCH3 is 2. The lowest BCUT2D eigenvalue weighted by Gasteiger charge is -2.42. The van der Waals surface area contributed by atoms with Gasteiger partial charge in [0.15, 0.2) is 0 Å². The fourth-order valence-corrected chi connectivity index (χ4v) is 8.36. The Hall–Kier alpha value is 1.28. The molecule has 2 aliphatic rings. The molecule has 0 aliphatic heterocycles. The molecule has 0 unspecified atom stereocenters. The van der Waals surface area contributed by atoms with Crippen LogP contribution >= 0.6 is 63.7 Å². The Kier molecular flexibility index (Phi) is 5.05. The maximum Gasteiger partial charge on any atom is 0.208 e. The predicted octanol–water partition coefficient (Wildman–Crippen LogP) is 4.21.